The van der Waals surface area contributed by atoms with E-state index in [-0.39, 0.29) is 18.0 Å². The Hall–Kier alpha value is -2.18. The highest BCUT2D eigenvalue weighted by molar-refractivity contribution is 7.90. The number of nitriles is 1. The van der Waals surface area contributed by atoms with Crippen LogP contribution in [-0.4, -0.2) is 47.8 Å². The number of hydrogen-bond donors (Lipinski definition) is 2. The quantitative estimate of drug-likeness (QED) is 0.820. The van der Waals surface area contributed by atoms with E-state index in [0.29, 0.717) is 19.3 Å². The van der Waals surface area contributed by atoms with Crippen molar-refractivity contribution in [1.29, 1.82) is 5.26 Å². The summed E-state index contributed by atoms with van der Waals surface area (Å²) in [7, 11) is -1.37. The van der Waals surface area contributed by atoms with Crippen molar-refractivity contribution in [3.05, 3.63) is 18.6 Å². The van der Waals surface area contributed by atoms with E-state index in [2.05, 4.69) is 30.6 Å². The van der Waals surface area contributed by atoms with Gasteiger partial charge in [-0.05, 0) is 38.2 Å². The monoisotopic (exact) mass is 374 g/mol. The summed E-state index contributed by atoms with van der Waals surface area (Å²) in [5, 5.41) is 9.51. The van der Waals surface area contributed by atoms with Crippen LogP contribution in [0.1, 0.15) is 32.1 Å². The molecule has 0 bridgehead atoms. The van der Waals surface area contributed by atoms with Gasteiger partial charge in [0, 0.05) is 31.2 Å². The van der Waals surface area contributed by atoms with Crippen LogP contribution in [-0.2, 0) is 10.0 Å². The van der Waals surface area contributed by atoms with Crippen molar-refractivity contribution in [2.45, 2.75) is 49.4 Å². The van der Waals surface area contributed by atoms with Gasteiger partial charge >= 0.3 is 0 Å². The average molecular weight is 374 g/mol. The van der Waals surface area contributed by atoms with Crippen LogP contribution in [0.5, 0.6) is 0 Å². The molecule has 2 aromatic heterocycles. The number of nitrogens with one attached hydrogen (secondary N) is 2. The largest absolute Gasteiger partial charge is 0.356 e. The number of sulfonamides is 1. The number of fused-ring (bicyclic) bond motifs is 1. The van der Waals surface area contributed by atoms with Crippen LogP contribution in [0.15, 0.2) is 18.6 Å². The Kier molecular flexibility index (Phi) is 4.32. The summed E-state index contributed by atoms with van der Waals surface area (Å²) >= 11 is 0. The smallest absolute Gasteiger partial charge is 0.214 e. The summed E-state index contributed by atoms with van der Waals surface area (Å²) in [5.74, 6) is 0.730. The molecule has 2 fully saturated rings. The maximum absolute atomic E-state index is 12.5. The van der Waals surface area contributed by atoms with E-state index in [4.69, 9.17) is 5.26 Å². The van der Waals surface area contributed by atoms with Crippen molar-refractivity contribution in [3.63, 3.8) is 0 Å². The van der Waals surface area contributed by atoms with Crippen LogP contribution < -0.4 is 9.62 Å². The Balaban J connectivity index is 1.37. The van der Waals surface area contributed by atoms with Crippen LogP contribution in [0.25, 0.3) is 11.0 Å². The van der Waals surface area contributed by atoms with E-state index < -0.39 is 15.3 Å². The zero-order valence-corrected chi connectivity index (χ0v) is 15.4. The maximum atomic E-state index is 12.5. The van der Waals surface area contributed by atoms with Gasteiger partial charge in [-0.1, -0.05) is 0 Å². The van der Waals surface area contributed by atoms with E-state index in [1.54, 1.807) is 0 Å². The summed E-state index contributed by atoms with van der Waals surface area (Å²) in [6.45, 7) is 0. The molecule has 1 unspecified atom stereocenters. The summed E-state index contributed by atoms with van der Waals surface area (Å²) in [5.41, 5.74) is 0.798. The topological polar surface area (TPSA) is 115 Å². The summed E-state index contributed by atoms with van der Waals surface area (Å²) in [6.07, 6.45) is 6.59. The predicted octanol–water partition coefficient (Wildman–Crippen LogP) is 1.54. The third-order valence-electron chi connectivity index (χ3n) is 5.66. The van der Waals surface area contributed by atoms with Gasteiger partial charge in [-0.15, -0.1) is 0 Å². The molecule has 0 aliphatic heterocycles. The number of aromatic amines is 1. The van der Waals surface area contributed by atoms with Crippen LogP contribution in [0, 0.1) is 17.2 Å². The Morgan fingerprint density at radius 1 is 1.31 bits per heavy atom. The average Bonchev–Trinajstić information content (AvgIpc) is 3.25. The van der Waals surface area contributed by atoms with Gasteiger partial charge in [0.05, 0.1) is 16.7 Å². The zero-order chi connectivity index (χ0) is 18.3. The van der Waals surface area contributed by atoms with Gasteiger partial charge in [-0.2, -0.15) is 5.26 Å². The third-order valence-corrected chi connectivity index (χ3v) is 7.63. The van der Waals surface area contributed by atoms with Crippen molar-refractivity contribution in [2.75, 3.05) is 11.9 Å². The molecule has 8 nitrogen and oxygen atoms in total. The molecule has 9 heteroatoms. The lowest BCUT2D eigenvalue weighted by Crippen LogP contribution is -2.54. The number of aromatic nitrogens is 3. The molecule has 2 aromatic rings. The van der Waals surface area contributed by atoms with Crippen molar-refractivity contribution < 1.29 is 8.42 Å². The SMILES string of the molecule is CN(c1ncnc2[nH]ccc12)C1CC(NS(=O)(=O)[C@H]2CCC(C#N)C2)C1. The standard InChI is InChI=1S/C17H22N6O2S/c1-23(17-15-4-5-19-16(15)20-10-21-17)13-7-12(8-13)22-26(24,25)14-3-2-11(6-14)9-18/h4-5,10-14,22H,2-3,6-8H2,1H3,(H,19,20,21)/t11?,12?,13?,14-/m0/s1. The lowest BCUT2D eigenvalue weighted by molar-refractivity contribution is 0.315. The fourth-order valence-corrected chi connectivity index (χ4v) is 5.76. The molecular weight excluding hydrogens is 352 g/mol. The molecule has 4 rings (SSSR count). The lowest BCUT2D eigenvalue weighted by Gasteiger charge is -2.42. The van der Waals surface area contributed by atoms with Crippen molar-refractivity contribution in [2.24, 2.45) is 5.92 Å². The molecule has 0 amide bonds. The molecule has 0 radical (unpaired) electrons. The van der Waals surface area contributed by atoms with E-state index in [0.717, 1.165) is 29.7 Å². The highest BCUT2D eigenvalue weighted by Crippen LogP contribution is 2.34. The molecule has 0 saturated heterocycles. The maximum Gasteiger partial charge on any atom is 0.214 e. The normalized spacial score (nSPS) is 28.6. The summed E-state index contributed by atoms with van der Waals surface area (Å²) < 4.78 is 27.9. The third kappa shape index (κ3) is 3.04. The van der Waals surface area contributed by atoms with Crippen LogP contribution in [0.4, 0.5) is 5.82 Å². The lowest BCUT2D eigenvalue weighted by atomic mass is 9.86. The molecule has 0 spiro atoms. The second kappa shape index (κ2) is 6.52. The van der Waals surface area contributed by atoms with Gasteiger partial charge in [-0.3, -0.25) is 0 Å². The molecule has 2 heterocycles. The van der Waals surface area contributed by atoms with Crippen molar-refractivity contribution in [3.8, 4) is 6.07 Å². The van der Waals surface area contributed by atoms with Crippen molar-refractivity contribution in [1.82, 2.24) is 19.7 Å². The first-order valence-electron chi connectivity index (χ1n) is 8.89. The highest BCUT2D eigenvalue weighted by atomic mass is 32.2. The van der Waals surface area contributed by atoms with E-state index in [1.165, 1.54) is 6.33 Å². The number of hydrogen-bond acceptors (Lipinski definition) is 6. The first-order chi connectivity index (χ1) is 12.5. The highest BCUT2D eigenvalue weighted by Gasteiger charge is 2.40. The molecule has 2 atom stereocenters. The Bertz CT molecular complexity index is 944. The molecule has 138 valence electrons. The summed E-state index contributed by atoms with van der Waals surface area (Å²) in [6, 6.07) is 4.33. The van der Waals surface area contributed by atoms with Crippen LogP contribution in [0.2, 0.25) is 0 Å². The summed E-state index contributed by atoms with van der Waals surface area (Å²) in [4.78, 5) is 13.8. The minimum atomic E-state index is -3.35. The van der Waals surface area contributed by atoms with Gasteiger partial charge in [0.25, 0.3) is 0 Å². The van der Waals surface area contributed by atoms with Gasteiger partial charge in [0.2, 0.25) is 10.0 Å². The van der Waals surface area contributed by atoms with Crippen molar-refractivity contribution >= 4 is 26.9 Å². The fourth-order valence-electron chi connectivity index (χ4n) is 3.98. The Labute approximate surface area is 152 Å². The minimum Gasteiger partial charge on any atom is -0.356 e. The van der Waals surface area contributed by atoms with Crippen LogP contribution >= 0.6 is 0 Å². The second-order valence-corrected chi connectivity index (χ2v) is 9.29. The minimum absolute atomic E-state index is 0.0443. The fraction of sp³-hybridized carbons (Fsp3) is 0.588. The van der Waals surface area contributed by atoms with Gasteiger partial charge in [-0.25, -0.2) is 23.1 Å². The second-order valence-electron chi connectivity index (χ2n) is 7.29. The first kappa shape index (κ1) is 17.2. The number of anilines is 1. The molecule has 2 N–H and O–H groups in total. The Morgan fingerprint density at radius 3 is 2.85 bits per heavy atom. The molecular formula is C17H22N6O2S. The van der Waals surface area contributed by atoms with E-state index >= 15 is 0 Å². The molecule has 2 aliphatic carbocycles. The molecule has 2 aliphatic rings. The molecule has 26 heavy (non-hydrogen) atoms. The van der Waals surface area contributed by atoms with E-state index in [9.17, 15) is 8.42 Å². The predicted molar refractivity (Wildman–Crippen MR) is 97.9 cm³/mol. The van der Waals surface area contributed by atoms with Gasteiger partial charge in [0.1, 0.15) is 17.8 Å². The zero-order valence-electron chi connectivity index (χ0n) is 14.6. The number of rotatable bonds is 5. The van der Waals surface area contributed by atoms with Gasteiger partial charge in [0.15, 0.2) is 0 Å². The first-order valence-corrected chi connectivity index (χ1v) is 10.4. The molecule has 0 aromatic carbocycles. The Morgan fingerprint density at radius 2 is 2.12 bits per heavy atom. The van der Waals surface area contributed by atoms with Crippen LogP contribution in [0.3, 0.4) is 0 Å². The number of nitrogens with zero attached hydrogens (tertiary/aromatic N) is 4. The van der Waals surface area contributed by atoms with Gasteiger partial charge < -0.3 is 9.88 Å². The number of H-pyrrole nitrogens is 1. The molecule has 2 saturated carbocycles. The van der Waals surface area contributed by atoms with E-state index in [1.807, 2.05) is 19.3 Å².